The minimum Gasteiger partial charge on any atom is -0.334 e. The Hall–Kier alpha value is -2.32. The van der Waals surface area contributed by atoms with Crippen LogP contribution in [0.25, 0.3) is 11.5 Å². The Balaban J connectivity index is 1.89. The number of carbonyl (C=O) groups excluding carboxylic acids is 1. The molecule has 1 aromatic heterocycles. The summed E-state index contributed by atoms with van der Waals surface area (Å²) >= 11 is 0. The number of aromatic nitrogens is 2. The van der Waals surface area contributed by atoms with E-state index in [4.69, 9.17) is 4.52 Å². The molecule has 1 unspecified atom stereocenters. The summed E-state index contributed by atoms with van der Waals surface area (Å²) in [5.41, 5.74) is 0.645. The molecule has 0 spiro atoms. The molecule has 122 valence electrons. The number of piperazine rings is 1. The monoisotopic (exact) mass is 319 g/mol. The lowest BCUT2D eigenvalue weighted by Gasteiger charge is -2.30. The number of rotatable bonds is 3. The molecule has 2 aromatic rings. The third-order valence-electron chi connectivity index (χ3n) is 3.77. The summed E-state index contributed by atoms with van der Waals surface area (Å²) in [5.74, 6) is -0.101. The van der Waals surface area contributed by atoms with Crippen molar-refractivity contribution < 1.29 is 13.7 Å². The second-order valence-electron chi connectivity index (χ2n) is 5.53. The Morgan fingerprint density at radius 1 is 1.52 bits per heavy atom. The van der Waals surface area contributed by atoms with Gasteiger partial charge in [0.15, 0.2) is 5.82 Å². The molecule has 23 heavy (non-hydrogen) atoms. The van der Waals surface area contributed by atoms with E-state index in [1.54, 1.807) is 0 Å². The normalized spacial score (nSPS) is 18.8. The first kappa shape index (κ1) is 15.6. The highest BCUT2D eigenvalue weighted by atomic mass is 19.1. The van der Waals surface area contributed by atoms with Gasteiger partial charge in [0.2, 0.25) is 5.91 Å². The van der Waals surface area contributed by atoms with Crippen LogP contribution in [0.15, 0.2) is 22.7 Å². The minimum absolute atomic E-state index is 0.0113. The predicted octanol–water partition coefficient (Wildman–Crippen LogP) is 1.41. The van der Waals surface area contributed by atoms with Crippen molar-refractivity contribution in [2.75, 3.05) is 32.0 Å². The lowest BCUT2D eigenvalue weighted by molar-refractivity contribution is -0.114. The van der Waals surface area contributed by atoms with Crippen molar-refractivity contribution >= 4 is 11.6 Å². The summed E-state index contributed by atoms with van der Waals surface area (Å²) in [6.45, 7) is 3.88. The van der Waals surface area contributed by atoms with Crippen LogP contribution < -0.4 is 10.6 Å². The third kappa shape index (κ3) is 3.38. The highest BCUT2D eigenvalue weighted by Crippen LogP contribution is 2.27. The van der Waals surface area contributed by atoms with E-state index < -0.39 is 5.82 Å². The molecule has 7 nitrogen and oxygen atoms in total. The van der Waals surface area contributed by atoms with Crippen LogP contribution >= 0.6 is 0 Å². The van der Waals surface area contributed by atoms with Crippen molar-refractivity contribution in [1.29, 1.82) is 0 Å². The van der Waals surface area contributed by atoms with Gasteiger partial charge in [-0.25, -0.2) is 4.39 Å². The van der Waals surface area contributed by atoms with Crippen LogP contribution in [0.5, 0.6) is 0 Å². The first-order valence-electron chi connectivity index (χ1n) is 7.36. The largest absolute Gasteiger partial charge is 0.334 e. The number of carbonyl (C=O) groups is 1. The quantitative estimate of drug-likeness (QED) is 0.890. The summed E-state index contributed by atoms with van der Waals surface area (Å²) in [7, 11) is 1.99. The van der Waals surface area contributed by atoms with Gasteiger partial charge < -0.3 is 15.2 Å². The Morgan fingerprint density at radius 3 is 3.09 bits per heavy atom. The van der Waals surface area contributed by atoms with Crippen LogP contribution in [0.2, 0.25) is 0 Å². The fraction of sp³-hybridized carbons (Fsp3) is 0.400. The predicted molar refractivity (Wildman–Crippen MR) is 82.2 cm³/mol. The van der Waals surface area contributed by atoms with Crippen molar-refractivity contribution in [3.05, 3.63) is 29.8 Å². The second kappa shape index (κ2) is 6.43. The van der Waals surface area contributed by atoms with E-state index in [9.17, 15) is 9.18 Å². The summed E-state index contributed by atoms with van der Waals surface area (Å²) in [4.78, 5) is 17.6. The molecular weight excluding hydrogens is 301 g/mol. The minimum atomic E-state index is -0.482. The van der Waals surface area contributed by atoms with Gasteiger partial charge in [-0.15, -0.1) is 0 Å². The standard InChI is InChI=1S/C15H18FN5O2/c1-9(22)18-10-3-4-12(16)11(7-10)15-19-14(20-23-15)13-8-17-5-6-21(13)2/h3-4,7,13,17H,5-6,8H2,1-2H3,(H,18,22). The van der Waals surface area contributed by atoms with Gasteiger partial charge in [0.25, 0.3) is 5.89 Å². The number of nitrogens with zero attached hydrogens (tertiary/aromatic N) is 3. The van der Waals surface area contributed by atoms with E-state index in [0.29, 0.717) is 18.1 Å². The van der Waals surface area contributed by atoms with Gasteiger partial charge in [-0.2, -0.15) is 4.98 Å². The maximum atomic E-state index is 14.1. The van der Waals surface area contributed by atoms with Gasteiger partial charge in [0.05, 0.1) is 11.6 Å². The number of halogens is 1. The van der Waals surface area contributed by atoms with Crippen LogP contribution in [-0.2, 0) is 4.79 Å². The molecule has 2 heterocycles. The third-order valence-corrected chi connectivity index (χ3v) is 3.77. The Labute approximate surface area is 132 Å². The van der Waals surface area contributed by atoms with E-state index in [1.165, 1.54) is 25.1 Å². The van der Waals surface area contributed by atoms with Gasteiger partial charge >= 0.3 is 0 Å². The van der Waals surface area contributed by atoms with Crippen LogP contribution in [0, 0.1) is 5.82 Å². The topological polar surface area (TPSA) is 83.3 Å². The zero-order chi connectivity index (χ0) is 16.4. The molecule has 0 saturated carbocycles. The van der Waals surface area contributed by atoms with Gasteiger partial charge in [-0.3, -0.25) is 9.69 Å². The summed E-state index contributed by atoms with van der Waals surface area (Å²) < 4.78 is 19.3. The fourth-order valence-electron chi connectivity index (χ4n) is 2.54. The maximum Gasteiger partial charge on any atom is 0.261 e. The second-order valence-corrected chi connectivity index (χ2v) is 5.53. The first-order valence-corrected chi connectivity index (χ1v) is 7.36. The number of anilines is 1. The van der Waals surface area contributed by atoms with Gasteiger partial charge in [0.1, 0.15) is 5.82 Å². The van der Waals surface area contributed by atoms with Gasteiger partial charge in [0, 0.05) is 32.2 Å². The molecule has 0 bridgehead atoms. The SMILES string of the molecule is CC(=O)Nc1ccc(F)c(-c2nc(C3CNCCN3C)no2)c1. The average molecular weight is 319 g/mol. The van der Waals surface area contributed by atoms with E-state index in [1.807, 2.05) is 7.05 Å². The molecule has 0 radical (unpaired) electrons. The zero-order valence-electron chi connectivity index (χ0n) is 13.0. The molecule has 8 heteroatoms. The molecule has 1 aliphatic rings. The Bertz CT molecular complexity index is 718. The molecular formula is C15H18FN5O2. The Kier molecular flexibility index (Phi) is 4.35. The van der Waals surface area contributed by atoms with Crippen LogP contribution in [0.3, 0.4) is 0 Å². The molecule has 0 aliphatic carbocycles. The van der Waals surface area contributed by atoms with Crippen LogP contribution in [0.1, 0.15) is 18.8 Å². The highest BCUT2D eigenvalue weighted by molar-refractivity contribution is 5.89. The molecule has 2 N–H and O–H groups in total. The molecule has 1 aromatic carbocycles. The van der Waals surface area contributed by atoms with Crippen molar-refractivity contribution in [2.45, 2.75) is 13.0 Å². The Morgan fingerprint density at radius 2 is 2.35 bits per heavy atom. The maximum absolute atomic E-state index is 14.1. The lowest BCUT2D eigenvalue weighted by Crippen LogP contribution is -2.44. The summed E-state index contributed by atoms with van der Waals surface area (Å²) in [6.07, 6.45) is 0. The number of hydrogen-bond donors (Lipinski definition) is 2. The molecule has 1 atom stereocenters. The summed E-state index contributed by atoms with van der Waals surface area (Å²) in [5, 5.41) is 9.85. The van der Waals surface area contributed by atoms with Crippen LogP contribution in [0.4, 0.5) is 10.1 Å². The van der Waals surface area contributed by atoms with E-state index in [2.05, 4.69) is 25.7 Å². The number of nitrogens with one attached hydrogen (secondary N) is 2. The fourth-order valence-corrected chi connectivity index (χ4v) is 2.54. The average Bonchev–Trinajstić information content (AvgIpc) is 2.98. The van der Waals surface area contributed by atoms with E-state index >= 15 is 0 Å². The molecule has 3 rings (SSSR count). The zero-order valence-corrected chi connectivity index (χ0v) is 13.0. The van der Waals surface area contributed by atoms with Crippen molar-refractivity contribution in [2.24, 2.45) is 0 Å². The van der Waals surface area contributed by atoms with Gasteiger partial charge in [-0.1, -0.05) is 5.16 Å². The van der Waals surface area contributed by atoms with Crippen molar-refractivity contribution in [3.8, 4) is 11.5 Å². The van der Waals surface area contributed by atoms with Crippen molar-refractivity contribution in [1.82, 2.24) is 20.4 Å². The number of hydrogen-bond acceptors (Lipinski definition) is 6. The van der Waals surface area contributed by atoms with Gasteiger partial charge in [-0.05, 0) is 25.2 Å². The molecule has 1 aliphatic heterocycles. The van der Waals surface area contributed by atoms with Crippen molar-refractivity contribution in [3.63, 3.8) is 0 Å². The lowest BCUT2D eigenvalue weighted by atomic mass is 10.1. The first-order chi connectivity index (χ1) is 11.0. The number of likely N-dealkylation sites (N-methyl/N-ethyl adjacent to an activating group) is 1. The summed E-state index contributed by atoms with van der Waals surface area (Å²) in [6, 6.07) is 4.22. The smallest absolute Gasteiger partial charge is 0.261 e. The van der Waals surface area contributed by atoms with E-state index in [0.717, 1.165) is 13.1 Å². The van der Waals surface area contributed by atoms with E-state index in [-0.39, 0.29) is 23.4 Å². The molecule has 1 saturated heterocycles. The number of benzene rings is 1. The molecule has 1 amide bonds. The molecule has 1 fully saturated rings. The highest BCUT2D eigenvalue weighted by Gasteiger charge is 2.26. The number of amides is 1. The van der Waals surface area contributed by atoms with Crippen LogP contribution in [-0.4, -0.2) is 47.6 Å².